The highest BCUT2D eigenvalue weighted by molar-refractivity contribution is 8.00. The van der Waals surface area contributed by atoms with Crippen molar-refractivity contribution in [2.24, 2.45) is 0 Å². The summed E-state index contributed by atoms with van der Waals surface area (Å²) >= 11 is 1.54. The predicted molar refractivity (Wildman–Crippen MR) is 90.5 cm³/mol. The van der Waals surface area contributed by atoms with Gasteiger partial charge in [-0.05, 0) is 31.5 Å². The molecule has 0 radical (unpaired) electrons. The first-order chi connectivity index (χ1) is 10.9. The Bertz CT molecular complexity index is 562. The molecule has 0 saturated carbocycles. The van der Waals surface area contributed by atoms with Crippen molar-refractivity contribution in [3.63, 3.8) is 0 Å². The quantitative estimate of drug-likeness (QED) is 0.800. The molecule has 0 N–H and O–H groups in total. The van der Waals surface area contributed by atoms with Crippen molar-refractivity contribution in [3.05, 3.63) is 35.6 Å². The summed E-state index contributed by atoms with van der Waals surface area (Å²) in [6.45, 7) is 6.82. The van der Waals surface area contributed by atoms with Gasteiger partial charge >= 0.3 is 0 Å². The lowest BCUT2D eigenvalue weighted by atomic mass is 10.2. The Morgan fingerprint density at radius 3 is 2.61 bits per heavy atom. The topological polar surface area (TPSA) is 40.6 Å². The maximum absolute atomic E-state index is 13.1. The van der Waals surface area contributed by atoms with Crippen molar-refractivity contribution < 1.29 is 14.0 Å². The Hall–Kier alpha value is -1.56. The third-order valence-electron chi connectivity index (χ3n) is 3.95. The highest BCUT2D eigenvalue weighted by Gasteiger charge is 2.33. The van der Waals surface area contributed by atoms with Crippen LogP contribution in [0.15, 0.2) is 24.3 Å². The van der Waals surface area contributed by atoms with Gasteiger partial charge < -0.3 is 9.80 Å². The van der Waals surface area contributed by atoms with E-state index < -0.39 is 0 Å². The van der Waals surface area contributed by atoms with E-state index in [4.69, 9.17) is 0 Å². The Kier molecular flexibility index (Phi) is 6.04. The fourth-order valence-corrected chi connectivity index (χ4v) is 3.91. The molecular weight excluding hydrogens is 315 g/mol. The third kappa shape index (κ3) is 4.25. The molecule has 1 aromatic carbocycles. The number of nitrogens with zero attached hydrogens (tertiary/aromatic N) is 2. The summed E-state index contributed by atoms with van der Waals surface area (Å²) in [6.07, 6.45) is 0.461. The summed E-state index contributed by atoms with van der Waals surface area (Å²) in [5.74, 6) is 0.301. The van der Waals surface area contributed by atoms with Gasteiger partial charge in [0, 0.05) is 25.6 Å². The summed E-state index contributed by atoms with van der Waals surface area (Å²) in [6, 6.07) is 6.37. The fraction of sp³-hybridized carbons (Fsp3) is 0.529. The summed E-state index contributed by atoms with van der Waals surface area (Å²) in [7, 11) is 0. The number of carbonyl (C=O) groups is 2. The molecule has 1 atom stereocenters. The van der Waals surface area contributed by atoms with Crippen LogP contribution in [0, 0.1) is 5.82 Å². The minimum atomic E-state index is -0.283. The summed E-state index contributed by atoms with van der Waals surface area (Å²) in [5.41, 5.74) is 0.917. The SMILES string of the molecule is CCC(=O)N(CCN1C(=O)CS[C@H]1c1ccc(F)cc1)C(C)C. The fourth-order valence-electron chi connectivity index (χ4n) is 2.69. The molecule has 1 aliphatic heterocycles. The van der Waals surface area contributed by atoms with Gasteiger partial charge in [0.2, 0.25) is 11.8 Å². The summed E-state index contributed by atoms with van der Waals surface area (Å²) in [5, 5.41) is -0.103. The number of hydrogen-bond acceptors (Lipinski definition) is 3. The van der Waals surface area contributed by atoms with Crippen LogP contribution in [0.5, 0.6) is 0 Å². The molecule has 1 aromatic rings. The molecule has 6 heteroatoms. The predicted octanol–water partition coefficient (Wildman–Crippen LogP) is 3.05. The Balaban J connectivity index is 2.08. The minimum absolute atomic E-state index is 0.0666. The smallest absolute Gasteiger partial charge is 0.233 e. The molecule has 1 heterocycles. The number of amides is 2. The van der Waals surface area contributed by atoms with E-state index in [9.17, 15) is 14.0 Å². The number of benzene rings is 1. The van der Waals surface area contributed by atoms with Crippen LogP contribution in [0.3, 0.4) is 0 Å². The van der Waals surface area contributed by atoms with Crippen molar-refractivity contribution in [2.75, 3.05) is 18.8 Å². The third-order valence-corrected chi connectivity index (χ3v) is 5.21. The lowest BCUT2D eigenvalue weighted by Crippen LogP contribution is -2.43. The van der Waals surface area contributed by atoms with Crippen molar-refractivity contribution in [1.29, 1.82) is 0 Å². The normalized spacial score (nSPS) is 17.9. The zero-order valence-corrected chi connectivity index (χ0v) is 14.6. The number of hydrogen-bond donors (Lipinski definition) is 0. The largest absolute Gasteiger partial charge is 0.339 e. The first-order valence-electron chi connectivity index (χ1n) is 7.90. The molecule has 0 unspecified atom stereocenters. The molecule has 4 nitrogen and oxygen atoms in total. The lowest BCUT2D eigenvalue weighted by Gasteiger charge is -2.31. The van der Waals surface area contributed by atoms with E-state index in [-0.39, 0.29) is 29.0 Å². The minimum Gasteiger partial charge on any atom is -0.339 e. The monoisotopic (exact) mass is 338 g/mol. The molecule has 1 saturated heterocycles. The zero-order chi connectivity index (χ0) is 17.0. The average Bonchev–Trinajstić information content (AvgIpc) is 2.89. The molecule has 23 heavy (non-hydrogen) atoms. The number of rotatable bonds is 6. The standard InChI is InChI=1S/C17H23FN2O2S/c1-4-15(21)19(12(2)3)9-10-20-16(22)11-23-17(20)13-5-7-14(18)8-6-13/h5-8,12,17H,4,9-11H2,1-3H3/t17-/m0/s1. The highest BCUT2D eigenvalue weighted by Crippen LogP contribution is 2.38. The van der Waals surface area contributed by atoms with E-state index in [0.717, 1.165) is 5.56 Å². The van der Waals surface area contributed by atoms with Gasteiger partial charge in [0.05, 0.1) is 5.75 Å². The average molecular weight is 338 g/mol. The first-order valence-corrected chi connectivity index (χ1v) is 8.95. The molecule has 126 valence electrons. The summed E-state index contributed by atoms with van der Waals surface area (Å²) in [4.78, 5) is 27.8. The van der Waals surface area contributed by atoms with Crippen molar-refractivity contribution in [2.45, 2.75) is 38.6 Å². The van der Waals surface area contributed by atoms with Crippen molar-refractivity contribution in [1.82, 2.24) is 9.80 Å². The molecule has 1 aliphatic rings. The van der Waals surface area contributed by atoms with Crippen LogP contribution in [0.1, 0.15) is 38.1 Å². The molecule has 0 aromatic heterocycles. The van der Waals surface area contributed by atoms with Crippen LogP contribution < -0.4 is 0 Å². The van der Waals surface area contributed by atoms with E-state index in [0.29, 0.717) is 25.3 Å². The van der Waals surface area contributed by atoms with Gasteiger partial charge in [0.1, 0.15) is 11.2 Å². The molecule has 1 fully saturated rings. The van der Waals surface area contributed by atoms with Crippen LogP contribution in [-0.4, -0.2) is 46.5 Å². The van der Waals surface area contributed by atoms with Gasteiger partial charge in [0.15, 0.2) is 0 Å². The second kappa shape index (κ2) is 7.81. The number of halogens is 1. The maximum Gasteiger partial charge on any atom is 0.233 e. The maximum atomic E-state index is 13.1. The van der Waals surface area contributed by atoms with Crippen LogP contribution in [0.4, 0.5) is 4.39 Å². The van der Waals surface area contributed by atoms with E-state index in [1.807, 2.05) is 20.8 Å². The van der Waals surface area contributed by atoms with Crippen molar-refractivity contribution >= 4 is 23.6 Å². The van der Waals surface area contributed by atoms with Crippen LogP contribution in [0.25, 0.3) is 0 Å². The van der Waals surface area contributed by atoms with Gasteiger partial charge in [0.25, 0.3) is 0 Å². The molecule has 0 bridgehead atoms. The molecule has 0 aliphatic carbocycles. The van der Waals surface area contributed by atoms with E-state index >= 15 is 0 Å². The molecule has 0 spiro atoms. The van der Waals surface area contributed by atoms with E-state index in [1.54, 1.807) is 33.7 Å². The number of thioether (sulfide) groups is 1. The van der Waals surface area contributed by atoms with Gasteiger partial charge in [-0.15, -0.1) is 11.8 Å². The summed E-state index contributed by atoms with van der Waals surface area (Å²) < 4.78 is 13.1. The second-order valence-electron chi connectivity index (χ2n) is 5.84. The first kappa shape index (κ1) is 17.8. The van der Waals surface area contributed by atoms with Crippen LogP contribution >= 0.6 is 11.8 Å². The van der Waals surface area contributed by atoms with E-state index in [2.05, 4.69) is 0 Å². The van der Waals surface area contributed by atoms with Gasteiger partial charge in [-0.1, -0.05) is 19.1 Å². The van der Waals surface area contributed by atoms with Gasteiger partial charge in [-0.3, -0.25) is 9.59 Å². The highest BCUT2D eigenvalue weighted by atomic mass is 32.2. The van der Waals surface area contributed by atoms with E-state index in [1.165, 1.54) is 12.1 Å². The van der Waals surface area contributed by atoms with Gasteiger partial charge in [-0.2, -0.15) is 0 Å². The van der Waals surface area contributed by atoms with Gasteiger partial charge in [-0.25, -0.2) is 4.39 Å². The molecule has 2 amide bonds. The second-order valence-corrected chi connectivity index (χ2v) is 6.91. The zero-order valence-electron chi connectivity index (χ0n) is 13.8. The Labute approximate surface area is 141 Å². The Morgan fingerprint density at radius 2 is 2.04 bits per heavy atom. The van der Waals surface area contributed by atoms with Crippen molar-refractivity contribution in [3.8, 4) is 0 Å². The Morgan fingerprint density at radius 1 is 1.39 bits per heavy atom. The molecule has 2 rings (SSSR count). The molecular formula is C17H23FN2O2S. The lowest BCUT2D eigenvalue weighted by molar-refractivity contribution is -0.135. The van der Waals surface area contributed by atoms with Crippen LogP contribution in [0.2, 0.25) is 0 Å². The van der Waals surface area contributed by atoms with Crippen LogP contribution in [-0.2, 0) is 9.59 Å². The number of carbonyl (C=O) groups excluding carboxylic acids is 2.